The predicted octanol–water partition coefficient (Wildman–Crippen LogP) is 3.48. The summed E-state index contributed by atoms with van der Waals surface area (Å²) in [6.45, 7) is 0. The lowest BCUT2D eigenvalue weighted by molar-refractivity contribution is 0.0697. The van der Waals surface area contributed by atoms with Crippen molar-refractivity contribution in [1.29, 1.82) is 0 Å². The number of carboxylic acids is 1. The average Bonchev–Trinajstić information content (AvgIpc) is 2.43. The molecular weight excluding hydrogens is 322 g/mol. The fourth-order valence-electron chi connectivity index (χ4n) is 1.56. The van der Waals surface area contributed by atoms with E-state index in [0.29, 0.717) is 0 Å². The van der Waals surface area contributed by atoms with E-state index in [9.17, 15) is 14.0 Å². The summed E-state index contributed by atoms with van der Waals surface area (Å²) in [7, 11) is 0. The van der Waals surface area contributed by atoms with Crippen molar-refractivity contribution in [2.24, 2.45) is 0 Å². The minimum Gasteiger partial charge on any atom is -0.478 e. The molecule has 2 aromatic rings. The van der Waals surface area contributed by atoms with Gasteiger partial charge < -0.3 is 10.4 Å². The Bertz CT molecular complexity index is 737. The lowest BCUT2D eigenvalue weighted by atomic mass is 10.1. The molecule has 0 aliphatic carbocycles. The molecular formula is C13H7Cl2FN2O3. The third-order valence-corrected chi connectivity index (χ3v) is 3.23. The van der Waals surface area contributed by atoms with Crippen LogP contribution in [-0.4, -0.2) is 22.0 Å². The molecule has 0 saturated heterocycles. The number of rotatable bonds is 3. The standard InChI is InChI=1S/C13H7Cl2FN2O3/c14-8-4-6(5-17-11(8)15)12(19)18-10-7(13(20)21)2-1-3-9(10)16/h1-5H,(H,18,19)(H,20,21). The number of nitrogens with zero attached hydrogens (tertiary/aromatic N) is 1. The molecule has 8 heteroatoms. The number of anilines is 1. The maximum absolute atomic E-state index is 13.7. The molecule has 21 heavy (non-hydrogen) atoms. The number of aromatic nitrogens is 1. The molecule has 1 amide bonds. The lowest BCUT2D eigenvalue weighted by Crippen LogP contribution is -2.16. The summed E-state index contributed by atoms with van der Waals surface area (Å²) < 4.78 is 13.7. The van der Waals surface area contributed by atoms with E-state index < -0.39 is 23.4 Å². The van der Waals surface area contributed by atoms with Crippen molar-refractivity contribution in [2.75, 3.05) is 5.32 Å². The van der Waals surface area contributed by atoms with E-state index >= 15 is 0 Å². The molecule has 0 spiro atoms. The summed E-state index contributed by atoms with van der Waals surface area (Å²) in [6.07, 6.45) is 1.14. The largest absolute Gasteiger partial charge is 0.478 e. The van der Waals surface area contributed by atoms with E-state index in [-0.39, 0.29) is 21.3 Å². The first kappa shape index (κ1) is 15.2. The van der Waals surface area contributed by atoms with Crippen LogP contribution in [0.1, 0.15) is 20.7 Å². The summed E-state index contributed by atoms with van der Waals surface area (Å²) in [5, 5.41) is 11.2. The molecule has 2 rings (SSSR count). The van der Waals surface area contributed by atoms with Gasteiger partial charge in [-0.3, -0.25) is 4.79 Å². The first-order valence-electron chi connectivity index (χ1n) is 5.54. The Labute approximate surface area is 128 Å². The van der Waals surface area contributed by atoms with Crippen LogP contribution in [0.5, 0.6) is 0 Å². The SMILES string of the molecule is O=C(Nc1c(F)cccc1C(=O)O)c1cnc(Cl)c(Cl)c1. The number of amides is 1. The number of hydrogen-bond acceptors (Lipinski definition) is 3. The van der Waals surface area contributed by atoms with Gasteiger partial charge in [0.2, 0.25) is 0 Å². The zero-order valence-corrected chi connectivity index (χ0v) is 11.7. The van der Waals surface area contributed by atoms with Gasteiger partial charge >= 0.3 is 5.97 Å². The van der Waals surface area contributed by atoms with Gasteiger partial charge in [-0.1, -0.05) is 29.3 Å². The zero-order chi connectivity index (χ0) is 15.6. The van der Waals surface area contributed by atoms with E-state index in [0.717, 1.165) is 12.3 Å². The van der Waals surface area contributed by atoms with E-state index in [1.54, 1.807) is 0 Å². The molecule has 1 aromatic carbocycles. The first-order valence-corrected chi connectivity index (χ1v) is 6.30. The number of pyridine rings is 1. The van der Waals surface area contributed by atoms with Crippen LogP contribution in [0.3, 0.4) is 0 Å². The topological polar surface area (TPSA) is 79.3 Å². The Morgan fingerprint density at radius 1 is 1.29 bits per heavy atom. The average molecular weight is 329 g/mol. The Balaban J connectivity index is 2.36. The van der Waals surface area contributed by atoms with Crippen LogP contribution in [-0.2, 0) is 0 Å². The number of carbonyl (C=O) groups is 2. The van der Waals surface area contributed by atoms with Crippen molar-refractivity contribution in [3.63, 3.8) is 0 Å². The van der Waals surface area contributed by atoms with Crippen molar-refractivity contribution in [3.8, 4) is 0 Å². The zero-order valence-electron chi connectivity index (χ0n) is 10.2. The molecule has 108 valence electrons. The monoisotopic (exact) mass is 328 g/mol. The molecule has 0 fully saturated rings. The van der Waals surface area contributed by atoms with Crippen molar-refractivity contribution in [1.82, 2.24) is 4.98 Å². The van der Waals surface area contributed by atoms with Crippen LogP contribution in [0.25, 0.3) is 0 Å². The predicted molar refractivity (Wildman–Crippen MR) is 75.6 cm³/mol. The van der Waals surface area contributed by atoms with E-state index in [1.807, 2.05) is 0 Å². The molecule has 0 aliphatic heterocycles. The van der Waals surface area contributed by atoms with Crippen LogP contribution < -0.4 is 5.32 Å². The van der Waals surface area contributed by atoms with Gasteiger partial charge in [-0.25, -0.2) is 14.2 Å². The van der Waals surface area contributed by atoms with Gasteiger partial charge in [-0.15, -0.1) is 0 Å². The Hall–Kier alpha value is -2.18. The number of para-hydroxylation sites is 1. The first-order chi connectivity index (χ1) is 9.90. The van der Waals surface area contributed by atoms with Crippen molar-refractivity contribution in [2.45, 2.75) is 0 Å². The fourth-order valence-corrected chi connectivity index (χ4v) is 1.83. The van der Waals surface area contributed by atoms with Crippen molar-refractivity contribution < 1.29 is 19.1 Å². The van der Waals surface area contributed by atoms with Gasteiger partial charge in [0.05, 0.1) is 21.8 Å². The summed E-state index contributed by atoms with van der Waals surface area (Å²) in [5.74, 6) is -2.98. The van der Waals surface area contributed by atoms with Crippen molar-refractivity contribution in [3.05, 3.63) is 57.6 Å². The number of hydrogen-bond donors (Lipinski definition) is 2. The molecule has 0 bridgehead atoms. The lowest BCUT2D eigenvalue weighted by Gasteiger charge is -2.09. The fraction of sp³-hybridized carbons (Fsp3) is 0. The molecule has 0 aliphatic rings. The Morgan fingerprint density at radius 2 is 2.00 bits per heavy atom. The number of aromatic carboxylic acids is 1. The second-order valence-electron chi connectivity index (χ2n) is 3.92. The number of nitrogens with one attached hydrogen (secondary N) is 1. The minimum absolute atomic E-state index is 0.0176. The van der Waals surface area contributed by atoms with Crippen LogP contribution in [0, 0.1) is 5.82 Å². The summed E-state index contributed by atoms with van der Waals surface area (Å²) >= 11 is 11.4. The minimum atomic E-state index is -1.36. The second-order valence-corrected chi connectivity index (χ2v) is 4.68. The number of carboxylic acid groups (broad SMARTS) is 1. The third-order valence-electron chi connectivity index (χ3n) is 2.54. The molecule has 0 atom stereocenters. The molecule has 1 aromatic heterocycles. The molecule has 0 saturated carbocycles. The maximum atomic E-state index is 13.7. The van der Waals surface area contributed by atoms with Gasteiger partial charge in [0.1, 0.15) is 11.0 Å². The van der Waals surface area contributed by atoms with Gasteiger partial charge in [0, 0.05) is 6.20 Å². The molecule has 0 unspecified atom stereocenters. The third kappa shape index (κ3) is 3.29. The molecule has 5 nitrogen and oxygen atoms in total. The highest BCUT2D eigenvalue weighted by atomic mass is 35.5. The highest BCUT2D eigenvalue weighted by Crippen LogP contribution is 2.23. The van der Waals surface area contributed by atoms with Gasteiger partial charge in [0.15, 0.2) is 0 Å². The van der Waals surface area contributed by atoms with Crippen LogP contribution in [0.4, 0.5) is 10.1 Å². The molecule has 0 radical (unpaired) electrons. The Morgan fingerprint density at radius 3 is 2.62 bits per heavy atom. The number of carbonyl (C=O) groups excluding carboxylic acids is 1. The number of halogens is 3. The van der Waals surface area contributed by atoms with Gasteiger partial charge in [0.25, 0.3) is 5.91 Å². The summed E-state index contributed by atoms with van der Waals surface area (Å²) in [4.78, 5) is 26.7. The Kier molecular flexibility index (Phi) is 4.40. The van der Waals surface area contributed by atoms with Gasteiger partial charge in [-0.05, 0) is 18.2 Å². The summed E-state index contributed by atoms with van der Waals surface area (Å²) in [6, 6.07) is 4.69. The van der Waals surface area contributed by atoms with Crippen LogP contribution in [0.15, 0.2) is 30.5 Å². The molecule has 1 heterocycles. The number of benzene rings is 1. The molecule has 2 N–H and O–H groups in total. The van der Waals surface area contributed by atoms with E-state index in [4.69, 9.17) is 28.3 Å². The maximum Gasteiger partial charge on any atom is 0.337 e. The van der Waals surface area contributed by atoms with Gasteiger partial charge in [-0.2, -0.15) is 0 Å². The normalized spacial score (nSPS) is 10.2. The van der Waals surface area contributed by atoms with E-state index in [2.05, 4.69) is 10.3 Å². The quantitative estimate of drug-likeness (QED) is 0.845. The van der Waals surface area contributed by atoms with E-state index in [1.165, 1.54) is 18.2 Å². The van der Waals surface area contributed by atoms with Crippen LogP contribution >= 0.6 is 23.2 Å². The second kappa shape index (κ2) is 6.07. The smallest absolute Gasteiger partial charge is 0.337 e. The highest BCUT2D eigenvalue weighted by Gasteiger charge is 2.18. The highest BCUT2D eigenvalue weighted by molar-refractivity contribution is 6.41. The van der Waals surface area contributed by atoms with Crippen LogP contribution in [0.2, 0.25) is 10.2 Å². The van der Waals surface area contributed by atoms with Crippen molar-refractivity contribution >= 4 is 40.8 Å². The summed E-state index contributed by atoms with van der Waals surface area (Å²) in [5.41, 5.74) is -0.776.